The second-order valence-corrected chi connectivity index (χ2v) is 4.41. The molecule has 1 aromatic carbocycles. The number of hydrogen-bond acceptors (Lipinski definition) is 2. The molecule has 17 heavy (non-hydrogen) atoms. The van der Waals surface area contributed by atoms with Crippen LogP contribution < -0.4 is 5.32 Å². The molecule has 0 aliphatic carbocycles. The largest absolute Gasteiger partial charge is 0.313 e. The van der Waals surface area contributed by atoms with Crippen LogP contribution in [-0.4, -0.2) is 16.3 Å². The van der Waals surface area contributed by atoms with E-state index in [4.69, 9.17) is 11.6 Å². The molecule has 0 amide bonds. The Balaban J connectivity index is 2.21. The predicted molar refractivity (Wildman–Crippen MR) is 70.7 cm³/mol. The van der Waals surface area contributed by atoms with Crippen LogP contribution in [0.4, 0.5) is 0 Å². The van der Waals surface area contributed by atoms with Crippen LogP contribution in [0.25, 0.3) is 5.69 Å². The Morgan fingerprint density at radius 1 is 1.41 bits per heavy atom. The molecule has 0 spiro atoms. The van der Waals surface area contributed by atoms with E-state index in [1.165, 1.54) is 5.56 Å². The number of aryl methyl sites for hydroxylation is 1. The minimum absolute atomic E-state index is 0.770. The first-order valence-corrected chi connectivity index (χ1v) is 6.09. The van der Waals surface area contributed by atoms with Crippen molar-refractivity contribution in [3.8, 4) is 5.69 Å². The molecule has 1 heterocycles. The van der Waals surface area contributed by atoms with E-state index in [0.29, 0.717) is 0 Å². The van der Waals surface area contributed by atoms with Gasteiger partial charge in [0, 0.05) is 23.3 Å². The van der Waals surface area contributed by atoms with Gasteiger partial charge in [-0.2, -0.15) is 5.10 Å². The van der Waals surface area contributed by atoms with E-state index in [1.54, 1.807) is 0 Å². The first-order chi connectivity index (χ1) is 8.20. The third-order valence-electron chi connectivity index (χ3n) is 2.64. The van der Waals surface area contributed by atoms with Gasteiger partial charge in [0.2, 0.25) is 0 Å². The topological polar surface area (TPSA) is 29.9 Å². The molecule has 0 aliphatic heterocycles. The van der Waals surface area contributed by atoms with Gasteiger partial charge in [-0.15, -0.1) is 0 Å². The Morgan fingerprint density at radius 2 is 2.24 bits per heavy atom. The second kappa shape index (κ2) is 5.34. The van der Waals surface area contributed by atoms with E-state index in [1.807, 2.05) is 42.2 Å². The SMILES string of the molecule is CCNCc1cnn(-c2ccc(C)c(Cl)c2)c1. The second-order valence-electron chi connectivity index (χ2n) is 4.01. The van der Waals surface area contributed by atoms with Gasteiger partial charge in [0.25, 0.3) is 0 Å². The van der Waals surface area contributed by atoms with Gasteiger partial charge in [0.1, 0.15) is 0 Å². The molecule has 3 nitrogen and oxygen atoms in total. The lowest BCUT2D eigenvalue weighted by Gasteiger charge is -2.03. The first-order valence-electron chi connectivity index (χ1n) is 5.71. The molecule has 0 radical (unpaired) electrons. The molecule has 4 heteroatoms. The molecule has 0 fully saturated rings. The van der Waals surface area contributed by atoms with Gasteiger partial charge >= 0.3 is 0 Å². The summed E-state index contributed by atoms with van der Waals surface area (Å²) in [6.45, 7) is 5.88. The summed E-state index contributed by atoms with van der Waals surface area (Å²) >= 11 is 6.10. The highest BCUT2D eigenvalue weighted by atomic mass is 35.5. The number of nitrogens with zero attached hydrogens (tertiary/aromatic N) is 2. The third-order valence-corrected chi connectivity index (χ3v) is 3.04. The number of rotatable bonds is 4. The van der Waals surface area contributed by atoms with E-state index in [0.717, 1.165) is 29.4 Å². The Labute approximate surface area is 106 Å². The quantitative estimate of drug-likeness (QED) is 0.903. The van der Waals surface area contributed by atoms with Crippen LogP contribution in [0.3, 0.4) is 0 Å². The van der Waals surface area contributed by atoms with Gasteiger partial charge < -0.3 is 5.32 Å². The minimum atomic E-state index is 0.770. The Hall–Kier alpha value is -1.32. The zero-order valence-electron chi connectivity index (χ0n) is 10.1. The molecule has 0 bridgehead atoms. The molecule has 2 aromatic rings. The normalized spacial score (nSPS) is 10.8. The Morgan fingerprint density at radius 3 is 2.94 bits per heavy atom. The molecular formula is C13H16ClN3. The highest BCUT2D eigenvalue weighted by molar-refractivity contribution is 6.31. The highest BCUT2D eigenvalue weighted by Crippen LogP contribution is 2.19. The van der Waals surface area contributed by atoms with Crippen molar-refractivity contribution in [3.05, 3.63) is 46.7 Å². The fraction of sp³-hybridized carbons (Fsp3) is 0.308. The number of benzene rings is 1. The van der Waals surface area contributed by atoms with E-state index < -0.39 is 0 Å². The van der Waals surface area contributed by atoms with Crippen LogP contribution >= 0.6 is 11.6 Å². The van der Waals surface area contributed by atoms with Crippen LogP contribution in [0.5, 0.6) is 0 Å². The highest BCUT2D eigenvalue weighted by Gasteiger charge is 2.02. The molecular weight excluding hydrogens is 234 g/mol. The number of hydrogen-bond donors (Lipinski definition) is 1. The smallest absolute Gasteiger partial charge is 0.0660 e. The minimum Gasteiger partial charge on any atom is -0.313 e. The van der Waals surface area contributed by atoms with Crippen molar-refractivity contribution in [2.45, 2.75) is 20.4 Å². The molecule has 0 unspecified atom stereocenters. The monoisotopic (exact) mass is 249 g/mol. The van der Waals surface area contributed by atoms with E-state index in [2.05, 4.69) is 17.3 Å². The van der Waals surface area contributed by atoms with Gasteiger partial charge in [0.05, 0.1) is 11.9 Å². The van der Waals surface area contributed by atoms with Crippen LogP contribution in [-0.2, 0) is 6.54 Å². The summed E-state index contributed by atoms with van der Waals surface area (Å²) in [7, 11) is 0. The van der Waals surface area contributed by atoms with E-state index >= 15 is 0 Å². The van der Waals surface area contributed by atoms with Gasteiger partial charge in [-0.3, -0.25) is 0 Å². The van der Waals surface area contributed by atoms with Crippen molar-refractivity contribution in [2.24, 2.45) is 0 Å². The van der Waals surface area contributed by atoms with Crippen molar-refractivity contribution in [3.63, 3.8) is 0 Å². The average molecular weight is 250 g/mol. The fourth-order valence-electron chi connectivity index (χ4n) is 1.59. The van der Waals surface area contributed by atoms with Crippen LogP contribution in [0.2, 0.25) is 5.02 Å². The first kappa shape index (κ1) is 12.1. The number of aromatic nitrogens is 2. The van der Waals surface area contributed by atoms with Crippen molar-refractivity contribution in [2.75, 3.05) is 6.54 Å². The van der Waals surface area contributed by atoms with Gasteiger partial charge in [-0.05, 0) is 31.2 Å². The van der Waals surface area contributed by atoms with E-state index in [9.17, 15) is 0 Å². The lowest BCUT2D eigenvalue weighted by Crippen LogP contribution is -2.10. The predicted octanol–water partition coefficient (Wildman–Crippen LogP) is 2.94. The summed E-state index contributed by atoms with van der Waals surface area (Å²) < 4.78 is 1.85. The van der Waals surface area contributed by atoms with Crippen molar-refractivity contribution >= 4 is 11.6 Å². The lowest BCUT2D eigenvalue weighted by atomic mass is 10.2. The molecule has 1 N–H and O–H groups in total. The van der Waals surface area contributed by atoms with Gasteiger partial charge in [-0.25, -0.2) is 4.68 Å². The van der Waals surface area contributed by atoms with Crippen LogP contribution in [0, 0.1) is 6.92 Å². The summed E-state index contributed by atoms with van der Waals surface area (Å²) in [5, 5.41) is 8.37. The molecule has 90 valence electrons. The van der Waals surface area contributed by atoms with Gasteiger partial charge in [0.15, 0.2) is 0 Å². The fourth-order valence-corrected chi connectivity index (χ4v) is 1.76. The van der Waals surface area contributed by atoms with Crippen molar-refractivity contribution < 1.29 is 0 Å². The maximum atomic E-state index is 6.10. The zero-order chi connectivity index (χ0) is 12.3. The van der Waals surface area contributed by atoms with E-state index in [-0.39, 0.29) is 0 Å². The molecule has 0 atom stereocenters. The van der Waals surface area contributed by atoms with Crippen LogP contribution in [0.15, 0.2) is 30.6 Å². The van der Waals surface area contributed by atoms with Crippen LogP contribution in [0.1, 0.15) is 18.1 Å². The van der Waals surface area contributed by atoms with Gasteiger partial charge in [-0.1, -0.05) is 24.6 Å². The maximum absolute atomic E-state index is 6.10. The van der Waals surface area contributed by atoms with Crippen molar-refractivity contribution in [1.29, 1.82) is 0 Å². The lowest BCUT2D eigenvalue weighted by molar-refractivity contribution is 0.726. The summed E-state index contributed by atoms with van der Waals surface area (Å²) in [4.78, 5) is 0. The molecule has 2 rings (SSSR count). The standard InChI is InChI=1S/C13H16ClN3/c1-3-15-7-11-8-16-17(9-11)12-5-4-10(2)13(14)6-12/h4-6,8-9,15H,3,7H2,1-2H3. The summed E-state index contributed by atoms with van der Waals surface area (Å²) in [5.41, 5.74) is 3.24. The summed E-state index contributed by atoms with van der Waals surface area (Å²) in [5.74, 6) is 0. The Kier molecular flexibility index (Phi) is 3.82. The maximum Gasteiger partial charge on any atom is 0.0660 e. The Bertz CT molecular complexity index is 505. The number of halogens is 1. The zero-order valence-corrected chi connectivity index (χ0v) is 10.8. The molecule has 0 aliphatic rings. The molecule has 0 saturated heterocycles. The molecule has 1 aromatic heterocycles. The average Bonchev–Trinajstić information content (AvgIpc) is 2.79. The summed E-state index contributed by atoms with van der Waals surface area (Å²) in [6.07, 6.45) is 3.89. The third kappa shape index (κ3) is 2.87. The van der Waals surface area contributed by atoms with Crippen molar-refractivity contribution in [1.82, 2.24) is 15.1 Å². The number of nitrogens with one attached hydrogen (secondary N) is 1. The molecule has 0 saturated carbocycles. The summed E-state index contributed by atoms with van der Waals surface area (Å²) in [6, 6.07) is 5.95.